The largest absolute Gasteiger partial charge is 0.383 e. The highest BCUT2D eigenvalue weighted by Gasteiger charge is 2.22. The molecule has 1 fully saturated rings. The first-order chi connectivity index (χ1) is 8.74. The van der Waals surface area contributed by atoms with Crippen molar-refractivity contribution < 1.29 is 0 Å². The van der Waals surface area contributed by atoms with Crippen molar-refractivity contribution >= 4 is 34.9 Å². The number of halogens is 1. The van der Waals surface area contributed by atoms with Crippen LogP contribution in [0.5, 0.6) is 0 Å². The van der Waals surface area contributed by atoms with Crippen molar-refractivity contribution in [3.05, 3.63) is 11.5 Å². The van der Waals surface area contributed by atoms with Crippen molar-refractivity contribution in [3.8, 4) is 0 Å². The minimum Gasteiger partial charge on any atom is -0.383 e. The zero-order valence-electron chi connectivity index (χ0n) is 10.7. The molecule has 2 rings (SSSR count). The average molecular weight is 287 g/mol. The summed E-state index contributed by atoms with van der Waals surface area (Å²) in [4.78, 5) is 8.26. The van der Waals surface area contributed by atoms with E-state index in [4.69, 9.17) is 11.6 Å². The van der Waals surface area contributed by atoms with Crippen LogP contribution in [0, 0.1) is 0 Å². The summed E-state index contributed by atoms with van der Waals surface area (Å²) >= 11 is 8.00. The molecule has 0 radical (unpaired) electrons. The molecule has 1 aliphatic rings. The highest BCUT2D eigenvalue weighted by molar-refractivity contribution is 7.99. The first kappa shape index (κ1) is 13.7. The van der Waals surface area contributed by atoms with E-state index in [1.54, 1.807) is 0 Å². The van der Waals surface area contributed by atoms with E-state index >= 15 is 0 Å². The van der Waals surface area contributed by atoms with E-state index in [1.165, 1.54) is 32.0 Å². The molecule has 0 saturated heterocycles. The number of nitrogens with one attached hydrogen (secondary N) is 2. The molecule has 2 unspecified atom stereocenters. The van der Waals surface area contributed by atoms with Crippen LogP contribution < -0.4 is 10.6 Å². The van der Waals surface area contributed by atoms with Gasteiger partial charge in [-0.25, -0.2) is 9.97 Å². The normalized spacial score (nSPS) is 23.7. The van der Waals surface area contributed by atoms with Gasteiger partial charge in [0.05, 0.1) is 0 Å². The zero-order chi connectivity index (χ0) is 13.0. The van der Waals surface area contributed by atoms with Crippen molar-refractivity contribution in [2.75, 3.05) is 23.9 Å². The second-order valence-corrected chi connectivity index (χ2v) is 6.00. The Labute approximate surface area is 117 Å². The summed E-state index contributed by atoms with van der Waals surface area (Å²) in [6, 6.07) is 0.481. The Kier molecular flexibility index (Phi) is 4.95. The fraction of sp³-hybridized carbons (Fsp3) is 0.667. The molecule has 1 saturated carbocycles. The number of rotatable bonds is 4. The van der Waals surface area contributed by atoms with Gasteiger partial charge < -0.3 is 10.6 Å². The van der Waals surface area contributed by atoms with Gasteiger partial charge in [0.15, 0.2) is 11.0 Å². The average Bonchev–Trinajstić information content (AvgIpc) is 2.39. The van der Waals surface area contributed by atoms with Gasteiger partial charge in [-0.1, -0.05) is 18.0 Å². The van der Waals surface area contributed by atoms with Gasteiger partial charge in [-0.3, -0.25) is 0 Å². The second kappa shape index (κ2) is 6.48. The molecule has 0 aromatic carbocycles. The Balaban J connectivity index is 2.07. The van der Waals surface area contributed by atoms with Crippen LogP contribution in [-0.2, 0) is 0 Å². The number of anilines is 2. The molecule has 6 heteroatoms. The van der Waals surface area contributed by atoms with E-state index in [9.17, 15) is 0 Å². The summed E-state index contributed by atoms with van der Waals surface area (Å²) in [5.41, 5.74) is 0.783. The lowest BCUT2D eigenvalue weighted by Crippen LogP contribution is -2.29. The molecule has 1 aliphatic carbocycles. The van der Waals surface area contributed by atoms with Gasteiger partial charge in [-0.05, 0) is 25.5 Å². The van der Waals surface area contributed by atoms with Gasteiger partial charge >= 0.3 is 0 Å². The summed E-state index contributed by atoms with van der Waals surface area (Å²) < 4.78 is 0. The van der Waals surface area contributed by atoms with Crippen molar-refractivity contribution in [2.24, 2.45) is 0 Å². The minimum absolute atomic E-state index is 0.465. The molecule has 0 amide bonds. The second-order valence-electron chi connectivity index (χ2n) is 4.50. The van der Waals surface area contributed by atoms with Crippen molar-refractivity contribution in [2.45, 2.75) is 37.0 Å². The smallest absolute Gasteiger partial charge is 0.157 e. The summed E-state index contributed by atoms with van der Waals surface area (Å²) in [7, 11) is 1.83. The fourth-order valence-corrected chi connectivity index (χ4v) is 3.43. The molecule has 1 aromatic rings. The molecule has 100 valence electrons. The SMILES string of the molecule is CNc1c(Cl)ncnc1NC1CCCC(SC)C1. The molecule has 1 aromatic heterocycles. The summed E-state index contributed by atoms with van der Waals surface area (Å²) in [5.74, 6) is 0.809. The van der Waals surface area contributed by atoms with Crippen LogP contribution in [0.3, 0.4) is 0 Å². The van der Waals surface area contributed by atoms with E-state index in [-0.39, 0.29) is 0 Å². The Morgan fingerprint density at radius 3 is 2.94 bits per heavy atom. The third-order valence-corrected chi connectivity index (χ3v) is 4.73. The molecule has 0 spiro atoms. The lowest BCUT2D eigenvalue weighted by atomic mass is 9.95. The first-order valence-electron chi connectivity index (χ1n) is 6.22. The monoisotopic (exact) mass is 286 g/mol. The third kappa shape index (κ3) is 3.20. The van der Waals surface area contributed by atoms with Crippen molar-refractivity contribution in [3.63, 3.8) is 0 Å². The summed E-state index contributed by atoms with van der Waals surface area (Å²) in [6.07, 6.45) is 8.67. The Morgan fingerprint density at radius 1 is 1.39 bits per heavy atom. The van der Waals surface area contributed by atoms with E-state index in [0.29, 0.717) is 11.2 Å². The zero-order valence-corrected chi connectivity index (χ0v) is 12.3. The quantitative estimate of drug-likeness (QED) is 0.832. The first-order valence-corrected chi connectivity index (χ1v) is 7.88. The summed E-state index contributed by atoms with van der Waals surface area (Å²) in [5, 5.41) is 7.77. The Bertz CT molecular complexity index is 402. The predicted molar refractivity (Wildman–Crippen MR) is 79.8 cm³/mol. The third-order valence-electron chi connectivity index (χ3n) is 3.35. The minimum atomic E-state index is 0.465. The summed E-state index contributed by atoms with van der Waals surface area (Å²) in [6.45, 7) is 0. The van der Waals surface area contributed by atoms with E-state index in [0.717, 1.165) is 16.8 Å². The number of thioether (sulfide) groups is 1. The molecule has 2 atom stereocenters. The predicted octanol–water partition coefficient (Wildman–Crippen LogP) is 3.26. The van der Waals surface area contributed by atoms with E-state index < -0.39 is 0 Å². The van der Waals surface area contributed by atoms with E-state index in [1.807, 2.05) is 18.8 Å². The van der Waals surface area contributed by atoms with Gasteiger partial charge in [0.1, 0.15) is 12.0 Å². The van der Waals surface area contributed by atoms with Crippen molar-refractivity contribution in [1.82, 2.24) is 9.97 Å². The number of nitrogens with zero attached hydrogens (tertiary/aromatic N) is 2. The van der Waals surface area contributed by atoms with Crippen LogP contribution >= 0.6 is 23.4 Å². The lowest BCUT2D eigenvalue weighted by Gasteiger charge is -2.29. The van der Waals surface area contributed by atoms with Crippen LogP contribution in [0.15, 0.2) is 6.33 Å². The van der Waals surface area contributed by atoms with Crippen molar-refractivity contribution in [1.29, 1.82) is 0 Å². The Hall–Kier alpha value is -0.680. The molecule has 2 N–H and O–H groups in total. The fourth-order valence-electron chi connectivity index (χ4n) is 2.38. The number of hydrogen-bond donors (Lipinski definition) is 2. The van der Waals surface area contributed by atoms with E-state index in [2.05, 4.69) is 26.9 Å². The molecule has 18 heavy (non-hydrogen) atoms. The number of hydrogen-bond acceptors (Lipinski definition) is 5. The molecule has 1 heterocycles. The molecular formula is C12H19ClN4S. The Morgan fingerprint density at radius 2 is 2.22 bits per heavy atom. The maximum atomic E-state index is 6.05. The lowest BCUT2D eigenvalue weighted by molar-refractivity contribution is 0.473. The maximum absolute atomic E-state index is 6.05. The molecule has 4 nitrogen and oxygen atoms in total. The highest BCUT2D eigenvalue weighted by atomic mass is 35.5. The van der Waals surface area contributed by atoms with Crippen LogP contribution in [-0.4, -0.2) is 34.6 Å². The van der Waals surface area contributed by atoms with Gasteiger partial charge in [0.25, 0.3) is 0 Å². The van der Waals surface area contributed by atoms with Crippen LogP contribution in [0.4, 0.5) is 11.5 Å². The number of aromatic nitrogens is 2. The van der Waals surface area contributed by atoms with Crippen LogP contribution in [0.1, 0.15) is 25.7 Å². The molecule has 0 aliphatic heterocycles. The standard InChI is InChI=1S/C12H19ClN4S/c1-14-10-11(13)15-7-16-12(10)17-8-4-3-5-9(6-8)18-2/h7-9,14H,3-6H2,1-2H3,(H,15,16,17). The van der Waals surface area contributed by atoms with Crippen LogP contribution in [0.25, 0.3) is 0 Å². The molecular weight excluding hydrogens is 268 g/mol. The van der Waals surface area contributed by atoms with Gasteiger partial charge in [0, 0.05) is 18.3 Å². The highest BCUT2D eigenvalue weighted by Crippen LogP contribution is 2.31. The van der Waals surface area contributed by atoms with Gasteiger partial charge in [-0.2, -0.15) is 11.8 Å². The van der Waals surface area contributed by atoms with Crippen LogP contribution in [0.2, 0.25) is 5.15 Å². The molecule has 0 bridgehead atoms. The van der Waals surface area contributed by atoms with Gasteiger partial charge in [-0.15, -0.1) is 0 Å². The maximum Gasteiger partial charge on any atom is 0.157 e. The topological polar surface area (TPSA) is 49.8 Å². The van der Waals surface area contributed by atoms with Gasteiger partial charge in [0.2, 0.25) is 0 Å².